The van der Waals surface area contributed by atoms with Crippen LogP contribution in [0, 0.1) is 0 Å². The zero-order chi connectivity index (χ0) is 9.54. The summed E-state index contributed by atoms with van der Waals surface area (Å²) in [6, 6.07) is 3.81. The normalized spacial score (nSPS) is 15.7. The molecule has 0 unspecified atom stereocenters. The number of aromatic nitrogens is 2. The summed E-state index contributed by atoms with van der Waals surface area (Å²) in [5.74, 6) is 0. The minimum Gasteiger partial charge on any atom is -0.398 e. The molecular weight excluding hydrogens is 178 g/mol. The summed E-state index contributed by atoms with van der Waals surface area (Å²) in [7, 11) is 0. The molecule has 0 saturated carbocycles. The van der Waals surface area contributed by atoms with E-state index in [0.29, 0.717) is 6.61 Å². The zero-order valence-electron chi connectivity index (χ0n) is 7.73. The predicted molar refractivity (Wildman–Crippen MR) is 53.0 cm³/mol. The number of pyridine rings is 1. The molecule has 2 N–H and O–H groups in total. The molecule has 0 radical (unpaired) electrons. The van der Waals surface area contributed by atoms with Gasteiger partial charge in [0.05, 0.1) is 24.6 Å². The van der Waals surface area contributed by atoms with Crippen LogP contribution in [0.1, 0.15) is 11.4 Å². The fourth-order valence-corrected chi connectivity index (χ4v) is 1.85. The van der Waals surface area contributed by atoms with Gasteiger partial charge in [0.2, 0.25) is 0 Å². The second-order valence-corrected chi connectivity index (χ2v) is 3.50. The number of nitrogen functional groups attached to an aromatic ring is 1. The lowest BCUT2D eigenvalue weighted by Crippen LogP contribution is -2.10. The van der Waals surface area contributed by atoms with Gasteiger partial charge in [0.1, 0.15) is 5.65 Å². The molecule has 0 spiro atoms. The quantitative estimate of drug-likeness (QED) is 0.672. The topological polar surface area (TPSA) is 52.5 Å². The molecule has 0 fully saturated rings. The highest BCUT2D eigenvalue weighted by molar-refractivity contribution is 5.50. The molecular formula is C10H11N3O. The van der Waals surface area contributed by atoms with Gasteiger partial charge in [0.15, 0.2) is 0 Å². The van der Waals surface area contributed by atoms with Gasteiger partial charge in [-0.1, -0.05) is 0 Å². The van der Waals surface area contributed by atoms with Gasteiger partial charge in [-0.05, 0) is 12.1 Å². The second kappa shape index (κ2) is 2.72. The molecule has 3 heterocycles. The summed E-state index contributed by atoms with van der Waals surface area (Å²) in [5.41, 5.74) is 9.71. The van der Waals surface area contributed by atoms with Gasteiger partial charge >= 0.3 is 0 Å². The van der Waals surface area contributed by atoms with Crippen molar-refractivity contribution in [3.63, 3.8) is 0 Å². The smallest absolute Gasteiger partial charge is 0.137 e. The molecule has 3 rings (SSSR count). The maximum Gasteiger partial charge on any atom is 0.137 e. The minimum atomic E-state index is 0.639. The summed E-state index contributed by atoms with van der Waals surface area (Å²) >= 11 is 0. The number of hydrogen-bond acceptors (Lipinski definition) is 3. The highest BCUT2D eigenvalue weighted by atomic mass is 16.5. The van der Waals surface area contributed by atoms with Crippen LogP contribution in [-0.2, 0) is 17.8 Å². The van der Waals surface area contributed by atoms with Crippen LogP contribution in [0.15, 0.2) is 18.3 Å². The van der Waals surface area contributed by atoms with Crippen molar-refractivity contribution in [3.05, 3.63) is 29.7 Å². The summed E-state index contributed by atoms with van der Waals surface area (Å²) in [6.45, 7) is 1.41. The van der Waals surface area contributed by atoms with E-state index in [1.165, 1.54) is 0 Å². The summed E-state index contributed by atoms with van der Waals surface area (Å²) < 4.78 is 7.42. The number of anilines is 1. The van der Waals surface area contributed by atoms with Gasteiger partial charge in [-0.2, -0.15) is 0 Å². The Morgan fingerprint density at radius 3 is 3.29 bits per heavy atom. The van der Waals surface area contributed by atoms with Crippen molar-refractivity contribution in [1.29, 1.82) is 0 Å². The summed E-state index contributed by atoms with van der Waals surface area (Å²) in [5, 5.41) is 0. The Bertz CT molecular complexity index is 489. The highest BCUT2D eigenvalue weighted by Gasteiger charge is 2.15. The molecule has 0 saturated heterocycles. The van der Waals surface area contributed by atoms with Crippen LogP contribution in [0.2, 0.25) is 0 Å². The first-order valence-electron chi connectivity index (χ1n) is 4.68. The first-order chi connectivity index (χ1) is 6.84. The molecule has 0 aromatic carbocycles. The van der Waals surface area contributed by atoms with Gasteiger partial charge < -0.3 is 10.5 Å². The molecule has 0 amide bonds. The highest BCUT2D eigenvalue weighted by Crippen LogP contribution is 2.19. The Kier molecular flexibility index (Phi) is 1.52. The predicted octanol–water partition coefficient (Wildman–Crippen LogP) is 0.989. The monoisotopic (exact) mass is 189 g/mol. The molecule has 1 aliphatic rings. The van der Waals surface area contributed by atoms with Crippen molar-refractivity contribution in [1.82, 2.24) is 9.38 Å². The third-order valence-electron chi connectivity index (χ3n) is 2.55. The van der Waals surface area contributed by atoms with E-state index >= 15 is 0 Å². The zero-order valence-corrected chi connectivity index (χ0v) is 7.73. The third-order valence-corrected chi connectivity index (χ3v) is 2.55. The van der Waals surface area contributed by atoms with Crippen LogP contribution in [0.5, 0.6) is 0 Å². The first-order valence-corrected chi connectivity index (χ1v) is 4.68. The average molecular weight is 189 g/mol. The SMILES string of the molecule is Nc1ccc2nc3c(n2c1)COCC3. The van der Waals surface area contributed by atoms with Crippen molar-refractivity contribution in [2.75, 3.05) is 12.3 Å². The third kappa shape index (κ3) is 1.01. The Labute approximate surface area is 81.3 Å². The van der Waals surface area contributed by atoms with Gasteiger partial charge in [0.25, 0.3) is 0 Å². The molecule has 4 heteroatoms. The van der Waals surface area contributed by atoms with Crippen molar-refractivity contribution in [2.45, 2.75) is 13.0 Å². The van der Waals surface area contributed by atoms with Crippen molar-refractivity contribution >= 4 is 11.3 Å². The molecule has 14 heavy (non-hydrogen) atoms. The fourth-order valence-electron chi connectivity index (χ4n) is 1.85. The van der Waals surface area contributed by atoms with Crippen LogP contribution in [0.25, 0.3) is 5.65 Å². The Morgan fingerprint density at radius 2 is 2.36 bits per heavy atom. The maximum absolute atomic E-state index is 5.73. The minimum absolute atomic E-state index is 0.639. The van der Waals surface area contributed by atoms with Crippen molar-refractivity contribution < 1.29 is 4.74 Å². The van der Waals surface area contributed by atoms with E-state index in [4.69, 9.17) is 10.5 Å². The largest absolute Gasteiger partial charge is 0.398 e. The number of imidazole rings is 1. The molecule has 72 valence electrons. The Balaban J connectivity index is 2.32. The molecule has 0 aliphatic carbocycles. The number of rotatable bonds is 0. The molecule has 1 aliphatic heterocycles. The molecule has 0 bridgehead atoms. The molecule has 2 aromatic rings. The van der Waals surface area contributed by atoms with Gasteiger partial charge in [-0.3, -0.25) is 4.40 Å². The Morgan fingerprint density at radius 1 is 1.43 bits per heavy atom. The number of hydrogen-bond donors (Lipinski definition) is 1. The lowest BCUT2D eigenvalue weighted by atomic mass is 10.2. The van der Waals surface area contributed by atoms with Crippen LogP contribution < -0.4 is 5.73 Å². The Hall–Kier alpha value is -1.55. The average Bonchev–Trinajstić information content (AvgIpc) is 2.56. The second-order valence-electron chi connectivity index (χ2n) is 3.50. The van der Waals surface area contributed by atoms with E-state index in [0.717, 1.165) is 35.8 Å². The lowest BCUT2D eigenvalue weighted by Gasteiger charge is -2.11. The van der Waals surface area contributed by atoms with E-state index in [2.05, 4.69) is 4.98 Å². The number of nitrogens with two attached hydrogens (primary N) is 1. The van der Waals surface area contributed by atoms with Gasteiger partial charge in [-0.25, -0.2) is 4.98 Å². The van der Waals surface area contributed by atoms with Gasteiger partial charge in [0, 0.05) is 18.3 Å². The number of fused-ring (bicyclic) bond motifs is 3. The fraction of sp³-hybridized carbons (Fsp3) is 0.300. The van der Waals surface area contributed by atoms with Crippen LogP contribution in [0.3, 0.4) is 0 Å². The van der Waals surface area contributed by atoms with Crippen molar-refractivity contribution in [2.24, 2.45) is 0 Å². The maximum atomic E-state index is 5.73. The van der Waals surface area contributed by atoms with Crippen LogP contribution >= 0.6 is 0 Å². The van der Waals surface area contributed by atoms with E-state index in [9.17, 15) is 0 Å². The van der Waals surface area contributed by atoms with E-state index in [1.807, 2.05) is 22.7 Å². The van der Waals surface area contributed by atoms with E-state index in [-0.39, 0.29) is 0 Å². The summed E-state index contributed by atoms with van der Waals surface area (Å²) in [6.07, 6.45) is 2.80. The molecule has 4 nitrogen and oxygen atoms in total. The van der Waals surface area contributed by atoms with E-state index in [1.54, 1.807) is 0 Å². The van der Waals surface area contributed by atoms with Crippen LogP contribution in [-0.4, -0.2) is 16.0 Å². The van der Waals surface area contributed by atoms with Gasteiger partial charge in [-0.15, -0.1) is 0 Å². The van der Waals surface area contributed by atoms with Crippen LogP contribution in [0.4, 0.5) is 5.69 Å². The summed E-state index contributed by atoms with van der Waals surface area (Å²) in [4.78, 5) is 4.52. The standard InChI is InChI=1S/C10H11N3O/c11-7-1-2-10-12-8-3-4-14-6-9(8)13(10)5-7/h1-2,5H,3-4,6,11H2. The lowest BCUT2D eigenvalue weighted by molar-refractivity contribution is 0.106. The van der Waals surface area contributed by atoms with E-state index < -0.39 is 0 Å². The molecule has 2 aromatic heterocycles. The van der Waals surface area contributed by atoms with Crippen molar-refractivity contribution in [3.8, 4) is 0 Å². The number of ether oxygens (including phenoxy) is 1. The first kappa shape index (κ1) is 7.82. The number of nitrogens with zero attached hydrogens (tertiary/aromatic N) is 2. The molecule has 0 atom stereocenters.